The molecule has 0 fully saturated rings. The van der Waals surface area contributed by atoms with Crippen molar-refractivity contribution < 1.29 is 0 Å². The monoisotopic (exact) mass is 510 g/mol. The van der Waals surface area contributed by atoms with Crippen LogP contribution in [0.25, 0.3) is 49.9 Å². The Morgan fingerprint density at radius 1 is 0.475 bits per heavy atom. The quantitative estimate of drug-likeness (QED) is 0.225. The van der Waals surface area contributed by atoms with Crippen LogP contribution in [0.4, 0.5) is 0 Å². The van der Waals surface area contributed by atoms with Crippen LogP contribution in [0.1, 0.15) is 16.7 Å². The van der Waals surface area contributed by atoms with E-state index in [0.717, 1.165) is 27.8 Å². The summed E-state index contributed by atoms with van der Waals surface area (Å²) in [5, 5.41) is 4.98. The third kappa shape index (κ3) is 5.08. The molecule has 5 aromatic carbocycles. The average Bonchev–Trinajstić information content (AvgIpc) is 3.00. The molecule has 1 aliphatic carbocycles. The van der Waals surface area contributed by atoms with E-state index in [-0.39, 0.29) is 0 Å². The van der Waals surface area contributed by atoms with Gasteiger partial charge in [0.25, 0.3) is 0 Å². The lowest BCUT2D eigenvalue weighted by molar-refractivity contribution is 1.55. The molecule has 6 rings (SSSR count). The molecule has 0 aliphatic heterocycles. The van der Waals surface area contributed by atoms with E-state index >= 15 is 0 Å². The average molecular weight is 511 g/mol. The first-order valence-electron chi connectivity index (χ1n) is 13.6. The van der Waals surface area contributed by atoms with Crippen LogP contribution in [-0.4, -0.2) is 0 Å². The summed E-state index contributed by atoms with van der Waals surface area (Å²) in [6.07, 6.45) is 18.7. The van der Waals surface area contributed by atoms with E-state index in [4.69, 9.17) is 0 Å². The van der Waals surface area contributed by atoms with Gasteiger partial charge in [0.05, 0.1) is 0 Å². The first-order chi connectivity index (χ1) is 19.7. The summed E-state index contributed by atoms with van der Waals surface area (Å²) >= 11 is 0. The van der Waals surface area contributed by atoms with Crippen LogP contribution >= 0.6 is 0 Å². The molecule has 190 valence electrons. The summed E-state index contributed by atoms with van der Waals surface area (Å²) in [7, 11) is 0. The van der Waals surface area contributed by atoms with Gasteiger partial charge in [-0.05, 0) is 84.3 Å². The van der Waals surface area contributed by atoms with Gasteiger partial charge >= 0.3 is 0 Å². The summed E-state index contributed by atoms with van der Waals surface area (Å²) in [6, 6.07) is 37.0. The van der Waals surface area contributed by atoms with Gasteiger partial charge in [-0.1, -0.05) is 153 Å². The van der Waals surface area contributed by atoms with Gasteiger partial charge in [0.2, 0.25) is 0 Å². The minimum absolute atomic E-state index is 1.04. The zero-order chi connectivity index (χ0) is 27.3. The Labute approximate surface area is 236 Å². The standard InChI is InChI=1S/C40H30/c1-3-29-12-5-6-13-30(17-11-18-32-15-9-10-19-40(32)39(29)4-2)34-22-23-37-28-38(25-24-36(37)27-34)35-21-20-31-14-7-8-16-33(31)26-35/h3-28H,1-2H2/b6-5?,12-5+,13-6-,17-11?,18-11-,29-12?,30-13?,30-17+,32-18?,39-29-,40-39?. The molecule has 0 amide bonds. The minimum Gasteiger partial charge on any atom is -0.0984 e. The third-order valence-corrected chi connectivity index (χ3v) is 7.46. The molecule has 0 unspecified atom stereocenters. The maximum absolute atomic E-state index is 4.07. The molecule has 0 radical (unpaired) electrons. The molecule has 40 heavy (non-hydrogen) atoms. The number of benzene rings is 5. The van der Waals surface area contributed by atoms with Crippen LogP contribution in [0.3, 0.4) is 0 Å². The van der Waals surface area contributed by atoms with Gasteiger partial charge in [-0.3, -0.25) is 0 Å². The molecule has 0 saturated carbocycles. The Morgan fingerprint density at radius 2 is 1.07 bits per heavy atom. The SMILES string of the molecule is C=CC1=C(/C=C)c2ccccc2\C=C/C=C(c2ccc3cc(-c4ccc5ccccc5c4)ccc3c2)\C=C/C=C/1. The molecule has 0 bridgehead atoms. The molecule has 0 N–H and O–H groups in total. The lowest BCUT2D eigenvalue weighted by Gasteiger charge is -2.11. The lowest BCUT2D eigenvalue weighted by atomic mass is 9.93. The van der Waals surface area contributed by atoms with E-state index in [1.807, 2.05) is 12.2 Å². The van der Waals surface area contributed by atoms with E-state index in [1.165, 1.54) is 38.2 Å². The van der Waals surface area contributed by atoms with Crippen molar-refractivity contribution in [2.45, 2.75) is 0 Å². The van der Waals surface area contributed by atoms with Crippen molar-refractivity contribution in [1.82, 2.24) is 0 Å². The predicted molar refractivity (Wildman–Crippen MR) is 176 cm³/mol. The van der Waals surface area contributed by atoms with Crippen LogP contribution < -0.4 is 0 Å². The van der Waals surface area contributed by atoms with Gasteiger partial charge in [-0.25, -0.2) is 0 Å². The van der Waals surface area contributed by atoms with Gasteiger partial charge in [-0.15, -0.1) is 0 Å². The molecular formula is C40H30. The first-order valence-corrected chi connectivity index (χ1v) is 13.6. The predicted octanol–water partition coefficient (Wildman–Crippen LogP) is 11.0. The van der Waals surface area contributed by atoms with E-state index in [9.17, 15) is 0 Å². The fraction of sp³-hybridized carbons (Fsp3) is 0. The van der Waals surface area contributed by atoms with Crippen molar-refractivity contribution in [1.29, 1.82) is 0 Å². The number of hydrogen-bond acceptors (Lipinski definition) is 0. The van der Waals surface area contributed by atoms with Gasteiger partial charge in [0.15, 0.2) is 0 Å². The normalized spacial score (nSPS) is 18.9. The largest absolute Gasteiger partial charge is 0.0984 e. The number of fused-ring (bicyclic) bond motifs is 3. The van der Waals surface area contributed by atoms with Crippen molar-refractivity contribution in [3.05, 3.63) is 187 Å². The van der Waals surface area contributed by atoms with Gasteiger partial charge in [0, 0.05) is 0 Å². The highest BCUT2D eigenvalue weighted by Crippen LogP contribution is 2.30. The lowest BCUT2D eigenvalue weighted by Crippen LogP contribution is -1.90. The van der Waals surface area contributed by atoms with Crippen LogP contribution in [-0.2, 0) is 0 Å². The summed E-state index contributed by atoms with van der Waals surface area (Å²) < 4.78 is 0. The van der Waals surface area contributed by atoms with Gasteiger partial charge in [0.1, 0.15) is 0 Å². The Morgan fingerprint density at radius 3 is 1.82 bits per heavy atom. The molecular weight excluding hydrogens is 480 g/mol. The third-order valence-electron chi connectivity index (χ3n) is 7.46. The minimum atomic E-state index is 1.04. The van der Waals surface area contributed by atoms with Crippen LogP contribution in [0.2, 0.25) is 0 Å². The van der Waals surface area contributed by atoms with Crippen molar-refractivity contribution >= 4 is 38.8 Å². The summed E-state index contributed by atoms with van der Waals surface area (Å²) in [6.45, 7) is 8.11. The maximum atomic E-state index is 4.07. The molecule has 0 nitrogen and oxygen atoms in total. The molecule has 0 atom stereocenters. The van der Waals surface area contributed by atoms with E-state index in [0.29, 0.717) is 0 Å². The Bertz CT molecular complexity index is 1920. The molecule has 0 spiro atoms. The highest BCUT2D eigenvalue weighted by atomic mass is 14.1. The fourth-order valence-corrected chi connectivity index (χ4v) is 5.33. The molecule has 0 saturated heterocycles. The Balaban J connectivity index is 1.37. The second-order valence-corrected chi connectivity index (χ2v) is 9.90. The Hall–Kier alpha value is -5.20. The van der Waals surface area contributed by atoms with Crippen molar-refractivity contribution in [3.8, 4) is 11.1 Å². The Kier molecular flexibility index (Phi) is 7.07. The topological polar surface area (TPSA) is 0 Å². The van der Waals surface area contributed by atoms with Gasteiger partial charge < -0.3 is 0 Å². The van der Waals surface area contributed by atoms with Crippen molar-refractivity contribution in [2.75, 3.05) is 0 Å². The highest BCUT2D eigenvalue weighted by molar-refractivity contribution is 5.93. The van der Waals surface area contributed by atoms with Crippen LogP contribution in [0.5, 0.6) is 0 Å². The smallest absolute Gasteiger partial charge is 0.0106 e. The molecule has 0 heteroatoms. The fourth-order valence-electron chi connectivity index (χ4n) is 5.33. The van der Waals surface area contributed by atoms with Crippen LogP contribution in [0, 0.1) is 0 Å². The second kappa shape index (κ2) is 11.3. The first kappa shape index (κ1) is 25.1. The van der Waals surface area contributed by atoms with Crippen molar-refractivity contribution in [3.63, 3.8) is 0 Å². The summed E-state index contributed by atoms with van der Waals surface area (Å²) in [5.41, 5.74) is 9.18. The summed E-state index contributed by atoms with van der Waals surface area (Å²) in [4.78, 5) is 0. The highest BCUT2D eigenvalue weighted by Gasteiger charge is 2.07. The maximum Gasteiger partial charge on any atom is -0.0106 e. The number of hydrogen-bond donors (Lipinski definition) is 0. The van der Waals surface area contributed by atoms with Crippen molar-refractivity contribution in [2.24, 2.45) is 0 Å². The molecule has 0 aromatic heterocycles. The van der Waals surface area contributed by atoms with E-state index in [1.54, 1.807) is 0 Å². The zero-order valence-corrected chi connectivity index (χ0v) is 22.4. The molecule has 5 aromatic rings. The zero-order valence-electron chi connectivity index (χ0n) is 22.4. The van der Waals surface area contributed by atoms with Gasteiger partial charge in [-0.2, -0.15) is 0 Å². The number of allylic oxidation sites excluding steroid dienone is 11. The van der Waals surface area contributed by atoms with Crippen LogP contribution in [0.15, 0.2) is 170 Å². The molecule has 1 aliphatic rings. The van der Waals surface area contributed by atoms with E-state index < -0.39 is 0 Å². The van der Waals surface area contributed by atoms with E-state index in [2.05, 4.69) is 159 Å². The second-order valence-electron chi connectivity index (χ2n) is 9.90. The number of rotatable bonds is 4. The molecule has 0 heterocycles. The summed E-state index contributed by atoms with van der Waals surface area (Å²) in [5.74, 6) is 0.